The second kappa shape index (κ2) is 11.0. The molecular formula is C23H22F3N5O5S. The number of hydrogen-bond acceptors (Lipinski definition) is 9. The number of piperazine rings is 1. The van der Waals surface area contributed by atoms with Crippen molar-refractivity contribution in [1.82, 2.24) is 20.4 Å². The number of anilines is 1. The number of fused-ring (bicyclic) bond motifs is 1. The Morgan fingerprint density at radius 2 is 1.92 bits per heavy atom. The van der Waals surface area contributed by atoms with Gasteiger partial charge in [-0.15, -0.1) is 11.3 Å². The molecule has 0 saturated carbocycles. The lowest BCUT2D eigenvalue weighted by Crippen LogP contribution is -2.44. The molecule has 1 amide bonds. The molecular weight excluding hydrogens is 515 g/mol. The number of carboxylic acid groups (broad SMARTS) is 1. The molecule has 4 heterocycles. The summed E-state index contributed by atoms with van der Waals surface area (Å²) in [4.78, 5) is 30.9. The fourth-order valence-corrected chi connectivity index (χ4v) is 4.33. The average molecular weight is 538 g/mol. The van der Waals surface area contributed by atoms with E-state index in [0.717, 1.165) is 42.8 Å². The summed E-state index contributed by atoms with van der Waals surface area (Å²) in [6, 6.07) is 9.75. The van der Waals surface area contributed by atoms with Gasteiger partial charge in [0.15, 0.2) is 5.58 Å². The Morgan fingerprint density at radius 1 is 1.19 bits per heavy atom. The predicted octanol–water partition coefficient (Wildman–Crippen LogP) is 3.86. The number of carboxylic acids is 1. The van der Waals surface area contributed by atoms with Crippen molar-refractivity contribution in [2.45, 2.75) is 12.7 Å². The minimum atomic E-state index is -5.08. The maximum absolute atomic E-state index is 12.4. The lowest BCUT2D eigenvalue weighted by molar-refractivity contribution is -0.192. The van der Waals surface area contributed by atoms with Crippen LogP contribution in [-0.2, 0) is 11.3 Å². The number of amides is 1. The SMILES string of the molecule is CN1CCN(c2ccc3c(-c4ncc(C(=O)NCc5ccco5)s4)noc3c2)CC1.O=C(O)C(F)(F)F. The van der Waals surface area contributed by atoms with Crippen LogP contribution in [0.3, 0.4) is 0 Å². The van der Waals surface area contributed by atoms with Gasteiger partial charge < -0.3 is 29.2 Å². The number of furan rings is 1. The van der Waals surface area contributed by atoms with E-state index in [1.165, 1.54) is 11.3 Å². The van der Waals surface area contributed by atoms with Gasteiger partial charge in [-0.1, -0.05) is 5.16 Å². The molecule has 3 aromatic heterocycles. The number of nitrogens with zero attached hydrogens (tertiary/aromatic N) is 4. The summed E-state index contributed by atoms with van der Waals surface area (Å²) in [7, 11) is 2.14. The molecule has 5 rings (SSSR count). The Labute approximate surface area is 212 Å². The highest BCUT2D eigenvalue weighted by atomic mass is 32.1. The zero-order chi connectivity index (χ0) is 26.6. The highest BCUT2D eigenvalue weighted by Crippen LogP contribution is 2.33. The number of halogens is 3. The predicted molar refractivity (Wildman–Crippen MR) is 128 cm³/mol. The minimum Gasteiger partial charge on any atom is -0.475 e. The van der Waals surface area contributed by atoms with Crippen molar-refractivity contribution >= 4 is 39.9 Å². The van der Waals surface area contributed by atoms with Gasteiger partial charge in [-0.3, -0.25) is 4.79 Å². The first kappa shape index (κ1) is 26.2. The third-order valence-corrected chi connectivity index (χ3v) is 6.50. The van der Waals surface area contributed by atoms with Crippen molar-refractivity contribution in [3.63, 3.8) is 0 Å². The summed E-state index contributed by atoms with van der Waals surface area (Å²) in [5.41, 5.74) is 2.51. The number of benzene rings is 1. The molecule has 1 aliphatic heterocycles. The lowest BCUT2D eigenvalue weighted by Gasteiger charge is -2.33. The van der Waals surface area contributed by atoms with Gasteiger partial charge in [0.2, 0.25) is 0 Å². The normalized spacial score (nSPS) is 14.3. The number of aliphatic carboxylic acids is 1. The van der Waals surface area contributed by atoms with E-state index in [9.17, 15) is 18.0 Å². The second-order valence-corrected chi connectivity index (χ2v) is 9.13. The highest BCUT2D eigenvalue weighted by molar-refractivity contribution is 7.17. The highest BCUT2D eigenvalue weighted by Gasteiger charge is 2.38. The van der Waals surface area contributed by atoms with E-state index in [1.807, 2.05) is 18.2 Å². The van der Waals surface area contributed by atoms with Crippen molar-refractivity contribution in [3.05, 3.63) is 53.4 Å². The number of likely N-dealkylation sites (N-methyl/N-ethyl adjacent to an activating group) is 1. The van der Waals surface area contributed by atoms with Gasteiger partial charge in [0.1, 0.15) is 21.3 Å². The Hall–Kier alpha value is -3.91. The first-order valence-corrected chi connectivity index (χ1v) is 11.8. The zero-order valence-corrected chi connectivity index (χ0v) is 20.3. The van der Waals surface area contributed by atoms with Crippen LogP contribution in [0.2, 0.25) is 0 Å². The van der Waals surface area contributed by atoms with Crippen LogP contribution in [-0.4, -0.2) is 71.4 Å². The van der Waals surface area contributed by atoms with Gasteiger partial charge in [0.25, 0.3) is 5.91 Å². The Morgan fingerprint density at radius 3 is 2.57 bits per heavy atom. The standard InChI is InChI=1S/C21H21N5O3S.C2HF3O2/c1-25-6-8-26(9-7-25)14-4-5-16-17(11-14)29-24-19(16)21-23-13-18(30-21)20(27)22-12-15-3-2-10-28-15;3-2(4,5)1(6)7/h2-5,10-11,13H,6-9,12H2,1H3,(H,22,27);(H,6,7). The van der Waals surface area contributed by atoms with Crippen LogP contribution < -0.4 is 10.2 Å². The molecule has 14 heteroatoms. The third-order valence-electron chi connectivity index (χ3n) is 5.50. The van der Waals surface area contributed by atoms with Gasteiger partial charge in [-0.25, -0.2) is 9.78 Å². The van der Waals surface area contributed by atoms with E-state index in [4.69, 9.17) is 18.8 Å². The molecule has 1 aliphatic rings. The van der Waals surface area contributed by atoms with Gasteiger partial charge in [-0.2, -0.15) is 13.2 Å². The van der Waals surface area contributed by atoms with Crippen LogP contribution in [0.5, 0.6) is 0 Å². The molecule has 0 atom stereocenters. The first-order chi connectivity index (χ1) is 17.6. The summed E-state index contributed by atoms with van der Waals surface area (Å²) in [5.74, 6) is -2.25. The van der Waals surface area contributed by atoms with Crippen molar-refractivity contribution in [3.8, 4) is 10.7 Å². The molecule has 1 fully saturated rings. The summed E-state index contributed by atoms with van der Waals surface area (Å²) in [6.45, 7) is 4.41. The zero-order valence-electron chi connectivity index (χ0n) is 19.5. The van der Waals surface area contributed by atoms with Crippen molar-refractivity contribution in [2.75, 3.05) is 38.1 Å². The molecule has 1 aromatic carbocycles. The molecule has 4 aromatic rings. The molecule has 1 saturated heterocycles. The van der Waals surface area contributed by atoms with E-state index in [-0.39, 0.29) is 5.91 Å². The number of nitrogens with one attached hydrogen (secondary N) is 1. The van der Waals surface area contributed by atoms with Gasteiger partial charge in [-0.05, 0) is 31.3 Å². The monoisotopic (exact) mass is 537 g/mol. The van der Waals surface area contributed by atoms with E-state index in [1.54, 1.807) is 18.5 Å². The van der Waals surface area contributed by atoms with Crippen LogP contribution in [0.1, 0.15) is 15.4 Å². The quantitative estimate of drug-likeness (QED) is 0.390. The second-order valence-electron chi connectivity index (χ2n) is 8.10. The number of aromatic nitrogens is 2. The number of carbonyl (C=O) groups excluding carboxylic acids is 1. The number of hydrogen-bond donors (Lipinski definition) is 2. The molecule has 0 radical (unpaired) electrons. The van der Waals surface area contributed by atoms with Crippen LogP contribution in [0.4, 0.5) is 18.9 Å². The molecule has 10 nitrogen and oxygen atoms in total. The van der Waals surface area contributed by atoms with Crippen molar-refractivity contribution < 1.29 is 36.8 Å². The van der Waals surface area contributed by atoms with Gasteiger partial charge in [0, 0.05) is 37.9 Å². The van der Waals surface area contributed by atoms with E-state index in [0.29, 0.717) is 27.9 Å². The van der Waals surface area contributed by atoms with Crippen LogP contribution >= 0.6 is 11.3 Å². The van der Waals surface area contributed by atoms with Gasteiger partial charge >= 0.3 is 12.1 Å². The summed E-state index contributed by atoms with van der Waals surface area (Å²) in [5, 5.41) is 15.7. The minimum absolute atomic E-state index is 0.194. The maximum Gasteiger partial charge on any atom is 0.490 e. The van der Waals surface area contributed by atoms with Crippen molar-refractivity contribution in [1.29, 1.82) is 0 Å². The first-order valence-electron chi connectivity index (χ1n) is 11.0. The Kier molecular flexibility index (Phi) is 7.78. The lowest BCUT2D eigenvalue weighted by atomic mass is 10.1. The van der Waals surface area contributed by atoms with Crippen LogP contribution in [0, 0.1) is 0 Å². The maximum atomic E-state index is 12.4. The number of alkyl halides is 3. The van der Waals surface area contributed by atoms with Crippen molar-refractivity contribution in [2.24, 2.45) is 0 Å². The molecule has 0 bridgehead atoms. The van der Waals surface area contributed by atoms with E-state index in [2.05, 4.69) is 38.4 Å². The van der Waals surface area contributed by atoms with E-state index < -0.39 is 12.1 Å². The van der Waals surface area contributed by atoms with E-state index >= 15 is 0 Å². The molecule has 0 spiro atoms. The fraction of sp³-hybridized carbons (Fsp3) is 0.304. The van der Waals surface area contributed by atoms with Crippen LogP contribution in [0.25, 0.3) is 21.7 Å². The number of carbonyl (C=O) groups is 2. The third kappa shape index (κ3) is 6.46. The van der Waals surface area contributed by atoms with Crippen LogP contribution in [0.15, 0.2) is 51.7 Å². The summed E-state index contributed by atoms with van der Waals surface area (Å²) < 4.78 is 42.6. The molecule has 0 unspecified atom stereocenters. The number of thiazole rings is 1. The average Bonchev–Trinajstić information content (AvgIpc) is 3.63. The molecule has 196 valence electrons. The summed E-state index contributed by atoms with van der Waals surface area (Å²) in [6.07, 6.45) is -1.94. The summed E-state index contributed by atoms with van der Waals surface area (Å²) >= 11 is 1.29. The molecule has 2 N–H and O–H groups in total. The Balaban J connectivity index is 0.000000405. The fourth-order valence-electron chi connectivity index (χ4n) is 3.50. The molecule has 37 heavy (non-hydrogen) atoms. The topological polar surface area (TPSA) is 125 Å². The molecule has 0 aliphatic carbocycles. The van der Waals surface area contributed by atoms with Gasteiger partial charge in [0.05, 0.1) is 24.4 Å². The Bertz CT molecular complexity index is 1360. The number of rotatable bonds is 5. The smallest absolute Gasteiger partial charge is 0.475 e. The largest absolute Gasteiger partial charge is 0.490 e.